The highest BCUT2D eigenvalue weighted by molar-refractivity contribution is 5.93. The van der Waals surface area contributed by atoms with Crippen molar-refractivity contribution in [3.05, 3.63) is 46.0 Å². The second-order valence-electron chi connectivity index (χ2n) is 6.00. The van der Waals surface area contributed by atoms with Gasteiger partial charge in [0.25, 0.3) is 11.5 Å². The summed E-state index contributed by atoms with van der Waals surface area (Å²) in [5, 5.41) is 9.94. The van der Waals surface area contributed by atoms with E-state index in [4.69, 9.17) is 0 Å². The number of hydrogen-bond donors (Lipinski definition) is 1. The molecule has 0 aliphatic heterocycles. The van der Waals surface area contributed by atoms with Crippen molar-refractivity contribution in [3.63, 3.8) is 0 Å². The molecule has 0 spiro atoms. The molecule has 1 N–H and O–H groups in total. The first kappa shape index (κ1) is 14.7. The predicted molar refractivity (Wildman–Crippen MR) is 81.9 cm³/mol. The lowest BCUT2D eigenvalue weighted by atomic mass is 10.2. The number of amides is 1. The molecule has 6 nitrogen and oxygen atoms in total. The molecule has 2 aromatic heterocycles. The van der Waals surface area contributed by atoms with E-state index in [0.29, 0.717) is 5.65 Å². The van der Waals surface area contributed by atoms with Gasteiger partial charge in [-0.05, 0) is 37.3 Å². The van der Waals surface area contributed by atoms with E-state index in [-0.39, 0.29) is 23.6 Å². The van der Waals surface area contributed by atoms with Crippen LogP contribution in [0, 0.1) is 12.8 Å². The summed E-state index contributed by atoms with van der Waals surface area (Å²) in [5.74, 6) is -0.123. The Balaban J connectivity index is 1.90. The minimum absolute atomic E-state index is 0.0218. The Hall–Kier alpha value is -2.21. The second kappa shape index (κ2) is 5.53. The lowest BCUT2D eigenvalue weighted by molar-refractivity contribution is 0.0643. The lowest BCUT2D eigenvalue weighted by Gasteiger charge is -2.20. The number of aromatic nitrogens is 2. The average molecular weight is 301 g/mol. The molecule has 22 heavy (non-hydrogen) atoms. The molecular formula is C16H19N3O3. The molecule has 0 aromatic carbocycles. The van der Waals surface area contributed by atoms with Crippen LogP contribution in [0.15, 0.2) is 29.3 Å². The molecule has 1 saturated carbocycles. The van der Waals surface area contributed by atoms with Crippen LogP contribution in [0.2, 0.25) is 0 Å². The third kappa shape index (κ3) is 2.74. The fourth-order valence-corrected chi connectivity index (χ4v) is 2.53. The van der Waals surface area contributed by atoms with Crippen LogP contribution in [0.25, 0.3) is 5.65 Å². The quantitative estimate of drug-likeness (QED) is 0.908. The van der Waals surface area contributed by atoms with E-state index >= 15 is 0 Å². The zero-order valence-electron chi connectivity index (χ0n) is 12.7. The Bertz CT molecular complexity index is 780. The van der Waals surface area contributed by atoms with Gasteiger partial charge in [0.1, 0.15) is 11.2 Å². The van der Waals surface area contributed by atoms with Crippen LogP contribution >= 0.6 is 0 Å². The number of hydrogen-bond acceptors (Lipinski definition) is 4. The maximum absolute atomic E-state index is 12.5. The summed E-state index contributed by atoms with van der Waals surface area (Å²) in [7, 11) is 1.60. The average Bonchev–Trinajstić information content (AvgIpc) is 3.32. The van der Waals surface area contributed by atoms with E-state index in [1.165, 1.54) is 15.5 Å². The van der Waals surface area contributed by atoms with Gasteiger partial charge >= 0.3 is 0 Å². The van der Waals surface area contributed by atoms with E-state index in [0.717, 1.165) is 18.4 Å². The van der Waals surface area contributed by atoms with E-state index in [1.807, 2.05) is 13.0 Å². The van der Waals surface area contributed by atoms with E-state index < -0.39 is 12.0 Å². The zero-order chi connectivity index (χ0) is 15.9. The SMILES string of the molecule is Cc1ccc2ncc(C(=O)N(C)CC(O)C3CC3)c(=O)n2c1. The molecule has 3 rings (SSSR count). The fourth-order valence-electron chi connectivity index (χ4n) is 2.53. The number of fused-ring (bicyclic) bond motifs is 1. The van der Waals surface area contributed by atoms with Crippen molar-refractivity contribution in [2.75, 3.05) is 13.6 Å². The standard InChI is InChI=1S/C16H19N3O3/c1-10-3-6-14-17-7-12(16(22)19(14)8-10)15(21)18(2)9-13(20)11-4-5-11/h3,6-8,11,13,20H,4-5,9H2,1-2H3. The van der Waals surface area contributed by atoms with Crippen molar-refractivity contribution >= 4 is 11.6 Å². The zero-order valence-corrected chi connectivity index (χ0v) is 12.7. The number of pyridine rings is 1. The van der Waals surface area contributed by atoms with Crippen LogP contribution in [0.4, 0.5) is 0 Å². The Kier molecular flexibility index (Phi) is 3.70. The van der Waals surface area contributed by atoms with Crippen LogP contribution in [-0.2, 0) is 0 Å². The van der Waals surface area contributed by atoms with E-state index in [1.54, 1.807) is 19.3 Å². The molecular weight excluding hydrogens is 282 g/mol. The van der Waals surface area contributed by atoms with Crippen molar-refractivity contribution in [2.45, 2.75) is 25.9 Å². The van der Waals surface area contributed by atoms with Gasteiger partial charge in [-0.3, -0.25) is 14.0 Å². The summed E-state index contributed by atoms with van der Waals surface area (Å²) in [6, 6.07) is 3.60. The summed E-state index contributed by atoms with van der Waals surface area (Å²) in [6.45, 7) is 2.11. The summed E-state index contributed by atoms with van der Waals surface area (Å²) in [5.41, 5.74) is 1.06. The molecule has 2 aromatic rings. The number of aliphatic hydroxyl groups is 1. The van der Waals surface area contributed by atoms with E-state index in [2.05, 4.69) is 4.98 Å². The molecule has 1 atom stereocenters. The van der Waals surface area contributed by atoms with Gasteiger partial charge in [0, 0.05) is 26.0 Å². The van der Waals surface area contributed by atoms with Crippen molar-refractivity contribution in [1.29, 1.82) is 0 Å². The van der Waals surface area contributed by atoms with Crippen molar-refractivity contribution in [3.8, 4) is 0 Å². The minimum atomic E-state index is -0.521. The molecule has 0 saturated heterocycles. The number of aryl methyl sites for hydroxylation is 1. The molecule has 0 bridgehead atoms. The third-order valence-electron chi connectivity index (χ3n) is 4.05. The molecule has 1 amide bonds. The highest BCUT2D eigenvalue weighted by Gasteiger charge is 2.31. The Morgan fingerprint density at radius 1 is 1.50 bits per heavy atom. The number of aliphatic hydroxyl groups excluding tert-OH is 1. The summed E-state index contributed by atoms with van der Waals surface area (Å²) in [4.78, 5) is 30.5. The van der Waals surface area contributed by atoms with Crippen molar-refractivity contribution < 1.29 is 9.90 Å². The number of carbonyl (C=O) groups is 1. The molecule has 1 aliphatic carbocycles. The number of likely N-dealkylation sites (N-methyl/N-ethyl adjacent to an activating group) is 1. The van der Waals surface area contributed by atoms with Crippen LogP contribution in [0.1, 0.15) is 28.8 Å². The molecule has 1 fully saturated rings. The van der Waals surface area contributed by atoms with Gasteiger partial charge in [0.15, 0.2) is 0 Å². The van der Waals surface area contributed by atoms with Gasteiger partial charge < -0.3 is 10.0 Å². The molecule has 0 radical (unpaired) electrons. The monoisotopic (exact) mass is 301 g/mol. The summed E-state index contributed by atoms with van der Waals surface area (Å²) < 4.78 is 1.38. The van der Waals surface area contributed by atoms with Gasteiger partial charge in [-0.1, -0.05) is 6.07 Å². The van der Waals surface area contributed by atoms with Crippen LogP contribution in [-0.4, -0.2) is 45.0 Å². The predicted octanol–water partition coefficient (Wildman–Crippen LogP) is 0.846. The first-order valence-corrected chi connectivity index (χ1v) is 7.39. The van der Waals surface area contributed by atoms with Gasteiger partial charge in [-0.2, -0.15) is 0 Å². The highest BCUT2D eigenvalue weighted by atomic mass is 16.3. The Labute approximate surface area is 128 Å². The molecule has 6 heteroatoms. The van der Waals surface area contributed by atoms with E-state index in [9.17, 15) is 14.7 Å². The third-order valence-corrected chi connectivity index (χ3v) is 4.05. The molecule has 1 unspecified atom stereocenters. The van der Waals surface area contributed by atoms with Gasteiger partial charge in [-0.15, -0.1) is 0 Å². The topological polar surface area (TPSA) is 74.9 Å². The summed E-state index contributed by atoms with van der Waals surface area (Å²) in [6.07, 6.45) is 4.47. The molecule has 116 valence electrons. The normalized spacial score (nSPS) is 15.8. The van der Waals surface area contributed by atoms with Crippen molar-refractivity contribution in [2.24, 2.45) is 5.92 Å². The molecule has 2 heterocycles. The maximum Gasteiger partial charge on any atom is 0.270 e. The fraction of sp³-hybridized carbons (Fsp3) is 0.438. The van der Waals surface area contributed by atoms with Gasteiger partial charge in [-0.25, -0.2) is 4.98 Å². The number of nitrogens with zero attached hydrogens (tertiary/aromatic N) is 3. The first-order valence-electron chi connectivity index (χ1n) is 7.39. The number of rotatable bonds is 4. The number of carbonyl (C=O) groups excluding carboxylic acids is 1. The Morgan fingerprint density at radius 3 is 2.91 bits per heavy atom. The maximum atomic E-state index is 12.5. The van der Waals surface area contributed by atoms with Gasteiger partial charge in [0.2, 0.25) is 0 Å². The van der Waals surface area contributed by atoms with Crippen LogP contribution in [0.5, 0.6) is 0 Å². The van der Waals surface area contributed by atoms with Gasteiger partial charge in [0.05, 0.1) is 6.10 Å². The van der Waals surface area contributed by atoms with Crippen LogP contribution in [0.3, 0.4) is 0 Å². The summed E-state index contributed by atoms with van der Waals surface area (Å²) >= 11 is 0. The highest BCUT2D eigenvalue weighted by Crippen LogP contribution is 2.32. The smallest absolute Gasteiger partial charge is 0.270 e. The van der Waals surface area contributed by atoms with Crippen molar-refractivity contribution in [1.82, 2.24) is 14.3 Å². The molecule has 1 aliphatic rings. The largest absolute Gasteiger partial charge is 0.391 e. The second-order valence-corrected chi connectivity index (χ2v) is 6.00. The Morgan fingerprint density at radius 2 is 2.23 bits per heavy atom. The van der Waals surface area contributed by atoms with Crippen LogP contribution < -0.4 is 5.56 Å². The minimum Gasteiger partial charge on any atom is -0.391 e. The first-order chi connectivity index (χ1) is 10.5. The lowest BCUT2D eigenvalue weighted by Crippen LogP contribution is -2.38.